The Morgan fingerprint density at radius 2 is 1.71 bits per heavy atom. The van der Waals surface area contributed by atoms with E-state index in [1.807, 2.05) is 12.1 Å². The van der Waals surface area contributed by atoms with Gasteiger partial charge in [0.25, 0.3) is 0 Å². The van der Waals surface area contributed by atoms with E-state index >= 15 is 0 Å². The van der Waals surface area contributed by atoms with Crippen molar-refractivity contribution in [3.05, 3.63) is 58.9 Å². The highest BCUT2D eigenvalue weighted by molar-refractivity contribution is 5.87. The van der Waals surface area contributed by atoms with Crippen molar-refractivity contribution in [2.24, 2.45) is 0 Å². The molecule has 0 saturated heterocycles. The van der Waals surface area contributed by atoms with Crippen molar-refractivity contribution in [1.82, 2.24) is 15.5 Å². The van der Waals surface area contributed by atoms with E-state index in [2.05, 4.69) is 10.6 Å². The molecule has 34 heavy (non-hydrogen) atoms. The van der Waals surface area contributed by atoms with Crippen LogP contribution >= 0.6 is 0 Å². The highest BCUT2D eigenvalue weighted by Crippen LogP contribution is 2.41. The molecule has 1 aliphatic heterocycles. The molecule has 2 N–H and O–H groups in total. The van der Waals surface area contributed by atoms with E-state index in [0.717, 1.165) is 42.4 Å². The monoisotopic (exact) mass is 469 g/mol. The summed E-state index contributed by atoms with van der Waals surface area (Å²) in [7, 11) is 3.15. The molecule has 2 atom stereocenters. The maximum atomic E-state index is 13.7. The van der Waals surface area contributed by atoms with Crippen molar-refractivity contribution in [3.8, 4) is 11.5 Å². The van der Waals surface area contributed by atoms with E-state index in [-0.39, 0.29) is 23.8 Å². The van der Waals surface area contributed by atoms with Gasteiger partial charge in [-0.3, -0.25) is 4.79 Å². The lowest BCUT2D eigenvalue weighted by atomic mass is 9.88. The summed E-state index contributed by atoms with van der Waals surface area (Å²) in [4.78, 5) is 27.7. The summed E-state index contributed by atoms with van der Waals surface area (Å²) in [6.07, 6.45) is 4.81. The Balaban J connectivity index is 1.61. The van der Waals surface area contributed by atoms with E-state index in [1.54, 1.807) is 38.2 Å². The van der Waals surface area contributed by atoms with Crippen LogP contribution in [0, 0.1) is 5.82 Å². The van der Waals surface area contributed by atoms with Gasteiger partial charge in [0.1, 0.15) is 11.9 Å². The van der Waals surface area contributed by atoms with Gasteiger partial charge in [0.2, 0.25) is 5.91 Å². The number of nitrogens with zero attached hydrogens (tertiary/aromatic N) is 1. The number of hydrogen-bond donors (Lipinski definition) is 2. The molecular formula is C26H32FN3O4. The van der Waals surface area contributed by atoms with Gasteiger partial charge in [-0.15, -0.1) is 0 Å². The van der Waals surface area contributed by atoms with Crippen molar-refractivity contribution < 1.29 is 23.5 Å². The summed E-state index contributed by atoms with van der Waals surface area (Å²) in [5.74, 6) is 0.650. The number of methoxy groups -OCH3 is 2. The zero-order valence-corrected chi connectivity index (χ0v) is 19.9. The number of benzene rings is 2. The number of carbonyl (C=O) groups excluding carboxylic acids is 2. The number of hydrogen-bond acceptors (Lipinski definition) is 4. The molecule has 3 amide bonds. The minimum atomic E-state index is -0.672. The number of carbonyl (C=O) groups is 2. The van der Waals surface area contributed by atoms with Crippen molar-refractivity contribution >= 4 is 11.9 Å². The van der Waals surface area contributed by atoms with E-state index in [0.29, 0.717) is 24.5 Å². The zero-order chi connectivity index (χ0) is 24.2. The number of halogens is 1. The van der Waals surface area contributed by atoms with E-state index in [4.69, 9.17) is 9.47 Å². The Kier molecular flexibility index (Phi) is 7.24. The average Bonchev–Trinajstić information content (AvgIpc) is 3.35. The third-order valence-electron chi connectivity index (χ3n) is 6.76. The van der Waals surface area contributed by atoms with Crippen LogP contribution in [0.2, 0.25) is 0 Å². The van der Waals surface area contributed by atoms with Crippen molar-refractivity contribution in [2.45, 2.75) is 57.2 Å². The van der Waals surface area contributed by atoms with E-state index in [1.165, 1.54) is 12.1 Å². The molecule has 8 heteroatoms. The second kappa shape index (κ2) is 10.3. The lowest BCUT2D eigenvalue weighted by molar-refractivity contribution is -0.123. The van der Waals surface area contributed by atoms with Gasteiger partial charge in [-0.1, -0.05) is 25.0 Å². The summed E-state index contributed by atoms with van der Waals surface area (Å²) in [6, 6.07) is 8.64. The Morgan fingerprint density at radius 3 is 2.35 bits per heavy atom. The van der Waals surface area contributed by atoms with Crippen LogP contribution in [0.25, 0.3) is 0 Å². The first-order chi connectivity index (χ1) is 16.4. The standard InChI is InChI=1S/C26H32FN3O4/c1-16(25(31)29-20-6-4-5-7-20)28-26(32)30-13-12-18-14-22(33-2)23(34-3)15-21(18)24(30)17-8-10-19(27)11-9-17/h8-11,14-16,20,24H,4-7,12-13H2,1-3H3,(H,28,32)(H,29,31). The number of nitrogens with one attached hydrogen (secondary N) is 2. The summed E-state index contributed by atoms with van der Waals surface area (Å²) < 4.78 is 24.6. The second-order valence-electron chi connectivity index (χ2n) is 8.96. The third kappa shape index (κ3) is 4.95. The number of rotatable bonds is 6. The number of ether oxygens (including phenoxy) is 2. The quantitative estimate of drug-likeness (QED) is 0.672. The molecule has 2 aromatic rings. The molecule has 2 aliphatic rings. The lowest BCUT2D eigenvalue weighted by Gasteiger charge is -2.38. The summed E-state index contributed by atoms with van der Waals surface area (Å²) in [6.45, 7) is 2.13. The van der Waals surface area contributed by atoms with Crippen molar-refractivity contribution in [2.75, 3.05) is 20.8 Å². The van der Waals surface area contributed by atoms with Crippen LogP contribution in [0.15, 0.2) is 36.4 Å². The molecule has 182 valence electrons. The molecule has 0 bridgehead atoms. The Bertz CT molecular complexity index is 1040. The predicted octanol–water partition coefficient (Wildman–Crippen LogP) is 3.95. The molecule has 2 aromatic carbocycles. The number of fused-ring (bicyclic) bond motifs is 1. The van der Waals surface area contributed by atoms with Gasteiger partial charge in [-0.2, -0.15) is 0 Å². The molecule has 1 fully saturated rings. The summed E-state index contributed by atoms with van der Waals surface area (Å²) in [5.41, 5.74) is 2.68. The molecule has 4 rings (SSSR count). The summed E-state index contributed by atoms with van der Waals surface area (Å²) in [5, 5.41) is 5.90. The highest BCUT2D eigenvalue weighted by Gasteiger charge is 2.34. The molecule has 2 unspecified atom stereocenters. The topological polar surface area (TPSA) is 79.9 Å². The number of amides is 3. The second-order valence-corrected chi connectivity index (χ2v) is 8.96. The van der Waals surface area contributed by atoms with Crippen molar-refractivity contribution in [1.29, 1.82) is 0 Å². The lowest BCUT2D eigenvalue weighted by Crippen LogP contribution is -2.53. The molecule has 0 spiro atoms. The first-order valence-corrected chi connectivity index (χ1v) is 11.8. The fourth-order valence-electron chi connectivity index (χ4n) is 4.90. The highest BCUT2D eigenvalue weighted by atomic mass is 19.1. The van der Waals surface area contributed by atoms with E-state index in [9.17, 15) is 14.0 Å². The van der Waals surface area contributed by atoms with Gasteiger partial charge >= 0.3 is 6.03 Å². The minimum absolute atomic E-state index is 0.178. The van der Waals surface area contributed by atoms with Crippen LogP contribution in [0.5, 0.6) is 11.5 Å². The smallest absolute Gasteiger partial charge is 0.318 e. The molecule has 1 heterocycles. The van der Waals surface area contributed by atoms with E-state index < -0.39 is 12.1 Å². The van der Waals surface area contributed by atoms with Gasteiger partial charge in [0.15, 0.2) is 11.5 Å². The maximum Gasteiger partial charge on any atom is 0.318 e. The fourth-order valence-corrected chi connectivity index (χ4v) is 4.90. The summed E-state index contributed by atoms with van der Waals surface area (Å²) >= 11 is 0. The van der Waals surface area contributed by atoms with Crippen LogP contribution in [0.4, 0.5) is 9.18 Å². The fraction of sp³-hybridized carbons (Fsp3) is 0.462. The molecule has 0 aromatic heterocycles. The Labute approximate surface area is 199 Å². The average molecular weight is 470 g/mol. The van der Waals surface area contributed by atoms with Gasteiger partial charge in [-0.25, -0.2) is 9.18 Å². The maximum absolute atomic E-state index is 13.7. The SMILES string of the molecule is COc1cc2c(cc1OC)C(c1ccc(F)cc1)N(C(=O)NC(C)C(=O)NC1CCCC1)CC2. The number of urea groups is 1. The molecule has 7 nitrogen and oxygen atoms in total. The molecule has 0 radical (unpaired) electrons. The van der Waals surface area contributed by atoms with Crippen LogP contribution in [-0.4, -0.2) is 49.7 Å². The molecular weight excluding hydrogens is 437 g/mol. The van der Waals surface area contributed by atoms with Crippen LogP contribution in [0.3, 0.4) is 0 Å². The van der Waals surface area contributed by atoms with Gasteiger partial charge < -0.3 is 25.0 Å². The minimum Gasteiger partial charge on any atom is -0.493 e. The van der Waals surface area contributed by atoms with Crippen LogP contribution in [0.1, 0.15) is 55.3 Å². The predicted molar refractivity (Wildman–Crippen MR) is 127 cm³/mol. The van der Waals surface area contributed by atoms with Gasteiger partial charge in [0.05, 0.1) is 20.3 Å². The van der Waals surface area contributed by atoms with Gasteiger partial charge in [0, 0.05) is 12.6 Å². The normalized spacial score (nSPS) is 18.7. The molecule has 1 aliphatic carbocycles. The van der Waals surface area contributed by atoms with Gasteiger partial charge in [-0.05, 0) is 67.1 Å². The van der Waals surface area contributed by atoms with Crippen molar-refractivity contribution in [3.63, 3.8) is 0 Å². The third-order valence-corrected chi connectivity index (χ3v) is 6.76. The van der Waals surface area contributed by atoms with Crippen LogP contribution in [-0.2, 0) is 11.2 Å². The largest absolute Gasteiger partial charge is 0.493 e. The Hall–Kier alpha value is -3.29. The first-order valence-electron chi connectivity index (χ1n) is 11.8. The molecule has 1 saturated carbocycles. The Morgan fingerprint density at radius 1 is 1.06 bits per heavy atom. The van der Waals surface area contributed by atoms with Crippen LogP contribution < -0.4 is 20.1 Å². The zero-order valence-electron chi connectivity index (χ0n) is 19.9. The first kappa shape index (κ1) is 23.9.